The van der Waals surface area contributed by atoms with Gasteiger partial charge in [0.15, 0.2) is 0 Å². The third-order valence-electron chi connectivity index (χ3n) is 2.29. The van der Waals surface area contributed by atoms with Gasteiger partial charge in [-0.25, -0.2) is 0 Å². The normalized spacial score (nSPS) is 20.8. The van der Waals surface area contributed by atoms with Crippen molar-refractivity contribution in [2.45, 2.75) is 19.8 Å². The minimum absolute atomic E-state index is 0.588. The van der Waals surface area contributed by atoms with Gasteiger partial charge in [0, 0.05) is 0 Å². The van der Waals surface area contributed by atoms with Crippen LogP contribution < -0.4 is 3.53 Å². The molecule has 1 aliphatic heterocycles. The van der Waals surface area contributed by atoms with Crippen molar-refractivity contribution >= 4 is 20.1 Å². The summed E-state index contributed by atoms with van der Waals surface area (Å²) >= 11 is -0.588. The van der Waals surface area contributed by atoms with E-state index in [1.165, 1.54) is 32.5 Å². The summed E-state index contributed by atoms with van der Waals surface area (Å²) in [5.74, 6) is 0. The fourth-order valence-electron chi connectivity index (χ4n) is 1.26. The summed E-state index contributed by atoms with van der Waals surface area (Å²) in [5, 5.41) is 0. The van der Waals surface area contributed by atoms with E-state index >= 15 is 0 Å². The van der Waals surface area contributed by atoms with Gasteiger partial charge >= 0.3 is 83.8 Å². The molecular weight excluding hydrogens is 263 g/mol. The van der Waals surface area contributed by atoms with Crippen LogP contribution in [0.2, 0.25) is 0 Å². The molecule has 0 aromatic rings. The quantitative estimate of drug-likeness (QED) is 0.470. The third-order valence-corrected chi connectivity index (χ3v) is 8.04. The molecular formula is C9H21IN2. The monoisotopic (exact) mass is 284 g/mol. The van der Waals surface area contributed by atoms with Crippen LogP contribution in [0.3, 0.4) is 0 Å². The summed E-state index contributed by atoms with van der Waals surface area (Å²) in [6, 6.07) is 0. The first-order valence-corrected chi connectivity index (χ1v) is 8.99. The van der Waals surface area contributed by atoms with Crippen LogP contribution in [0.15, 0.2) is 0 Å². The van der Waals surface area contributed by atoms with Gasteiger partial charge in [-0.05, 0) is 0 Å². The molecule has 12 heavy (non-hydrogen) atoms. The van der Waals surface area contributed by atoms with Crippen molar-refractivity contribution in [2.24, 2.45) is 0 Å². The molecule has 1 aliphatic rings. The molecule has 0 spiro atoms. The Morgan fingerprint density at radius 3 is 2.58 bits per heavy atom. The number of hydrogen-bond donors (Lipinski definition) is 1. The van der Waals surface area contributed by atoms with E-state index in [2.05, 4.69) is 22.4 Å². The molecule has 1 rings (SSSR count). The zero-order valence-corrected chi connectivity index (χ0v) is 10.4. The van der Waals surface area contributed by atoms with Crippen molar-refractivity contribution in [1.82, 2.24) is 8.43 Å². The standard InChI is InChI=1S/C9H21IN2/c1-3-12(2)9-8-11-10-6-4-5-7-10/h11H,3-9H2,1-2H3. The van der Waals surface area contributed by atoms with Crippen LogP contribution in [-0.2, 0) is 0 Å². The topological polar surface area (TPSA) is 15.3 Å². The van der Waals surface area contributed by atoms with Crippen LogP contribution in [0, 0.1) is 0 Å². The molecule has 3 heteroatoms. The maximum atomic E-state index is 3.76. The van der Waals surface area contributed by atoms with Gasteiger partial charge in [-0.1, -0.05) is 0 Å². The SMILES string of the molecule is CCN(C)CCNI1CCCC1. The summed E-state index contributed by atoms with van der Waals surface area (Å²) in [6.45, 7) is 5.85. The van der Waals surface area contributed by atoms with E-state index in [1.54, 1.807) is 8.86 Å². The summed E-state index contributed by atoms with van der Waals surface area (Å²) in [4.78, 5) is 2.37. The second kappa shape index (κ2) is 6.16. The summed E-state index contributed by atoms with van der Waals surface area (Å²) < 4.78 is 6.87. The summed E-state index contributed by atoms with van der Waals surface area (Å²) in [7, 11) is 2.19. The van der Waals surface area contributed by atoms with E-state index < -0.39 is 20.1 Å². The molecule has 1 N–H and O–H groups in total. The Bertz CT molecular complexity index is 113. The number of nitrogens with one attached hydrogen (secondary N) is 1. The van der Waals surface area contributed by atoms with Crippen molar-refractivity contribution in [2.75, 3.05) is 35.5 Å². The first-order chi connectivity index (χ1) is 5.83. The molecule has 0 aliphatic carbocycles. The second-order valence-corrected chi connectivity index (χ2v) is 8.85. The van der Waals surface area contributed by atoms with Crippen molar-refractivity contribution in [3.63, 3.8) is 0 Å². The van der Waals surface area contributed by atoms with Gasteiger partial charge < -0.3 is 0 Å². The van der Waals surface area contributed by atoms with Crippen molar-refractivity contribution in [3.05, 3.63) is 0 Å². The number of alkyl halides is 2. The molecule has 1 fully saturated rings. The zero-order chi connectivity index (χ0) is 8.81. The Balaban J connectivity index is 1.94. The van der Waals surface area contributed by atoms with E-state index in [9.17, 15) is 0 Å². The molecule has 0 atom stereocenters. The molecule has 1 heterocycles. The fraction of sp³-hybridized carbons (Fsp3) is 1.00. The Kier molecular flexibility index (Phi) is 5.50. The maximum absolute atomic E-state index is 3.76. The summed E-state index contributed by atoms with van der Waals surface area (Å²) in [5.41, 5.74) is 0. The molecule has 2 nitrogen and oxygen atoms in total. The van der Waals surface area contributed by atoms with Crippen molar-refractivity contribution in [1.29, 1.82) is 0 Å². The Morgan fingerprint density at radius 1 is 1.33 bits per heavy atom. The van der Waals surface area contributed by atoms with Crippen LogP contribution in [0.5, 0.6) is 0 Å². The zero-order valence-electron chi connectivity index (χ0n) is 8.27. The number of rotatable bonds is 5. The van der Waals surface area contributed by atoms with E-state index in [1.807, 2.05) is 0 Å². The van der Waals surface area contributed by atoms with Gasteiger partial charge in [0.1, 0.15) is 0 Å². The molecule has 0 aromatic heterocycles. The predicted octanol–water partition coefficient (Wildman–Crippen LogP) is 1.74. The minimum atomic E-state index is -0.588. The molecule has 0 amide bonds. The van der Waals surface area contributed by atoms with Gasteiger partial charge in [-0.3, -0.25) is 0 Å². The molecule has 0 aromatic carbocycles. The molecule has 1 saturated heterocycles. The van der Waals surface area contributed by atoms with Crippen molar-refractivity contribution in [3.8, 4) is 0 Å². The summed E-state index contributed by atoms with van der Waals surface area (Å²) in [6.07, 6.45) is 3.00. The number of hydrogen-bond acceptors (Lipinski definition) is 2. The van der Waals surface area contributed by atoms with E-state index in [0.29, 0.717) is 0 Å². The van der Waals surface area contributed by atoms with Crippen LogP contribution >= 0.6 is 20.1 Å². The van der Waals surface area contributed by atoms with Gasteiger partial charge in [0.05, 0.1) is 0 Å². The van der Waals surface area contributed by atoms with Gasteiger partial charge in [-0.15, -0.1) is 0 Å². The van der Waals surface area contributed by atoms with E-state index in [4.69, 9.17) is 0 Å². The second-order valence-electron chi connectivity index (χ2n) is 3.32. The molecule has 0 radical (unpaired) electrons. The average Bonchev–Trinajstić information content (AvgIpc) is 2.57. The van der Waals surface area contributed by atoms with Gasteiger partial charge in [0.2, 0.25) is 0 Å². The molecule has 74 valence electrons. The predicted molar refractivity (Wildman–Crippen MR) is 64.2 cm³/mol. The third kappa shape index (κ3) is 4.05. The number of halogens is 1. The van der Waals surface area contributed by atoms with E-state index in [0.717, 1.165) is 0 Å². The first kappa shape index (κ1) is 10.7. The Hall–Kier alpha value is 0.650. The fourth-order valence-corrected chi connectivity index (χ4v) is 6.49. The van der Waals surface area contributed by atoms with Crippen LogP contribution in [-0.4, -0.2) is 40.4 Å². The van der Waals surface area contributed by atoms with Crippen molar-refractivity contribution < 1.29 is 0 Å². The first-order valence-electron chi connectivity index (χ1n) is 4.86. The van der Waals surface area contributed by atoms with Crippen LogP contribution in [0.1, 0.15) is 19.8 Å². The number of likely N-dealkylation sites (N-methyl/N-ethyl adjacent to an activating group) is 1. The van der Waals surface area contributed by atoms with Gasteiger partial charge in [0.25, 0.3) is 0 Å². The average molecular weight is 284 g/mol. The van der Waals surface area contributed by atoms with Gasteiger partial charge in [-0.2, -0.15) is 0 Å². The molecule has 0 saturated carbocycles. The van der Waals surface area contributed by atoms with E-state index in [-0.39, 0.29) is 0 Å². The van der Waals surface area contributed by atoms with Crippen LogP contribution in [0.25, 0.3) is 0 Å². The molecule has 0 unspecified atom stereocenters. The number of nitrogens with zero attached hydrogens (tertiary/aromatic N) is 1. The van der Waals surface area contributed by atoms with Crippen LogP contribution in [0.4, 0.5) is 0 Å². The Labute approximate surface area is 83.8 Å². The Morgan fingerprint density at radius 2 is 2.00 bits per heavy atom. The molecule has 0 bridgehead atoms.